The summed E-state index contributed by atoms with van der Waals surface area (Å²) < 4.78 is 7.14. The van der Waals surface area contributed by atoms with Crippen molar-refractivity contribution in [3.05, 3.63) is 47.2 Å². The fraction of sp³-hybridized carbons (Fsp3) is 0.188. The number of thiocarbonyl (C=S) groups is 1. The zero-order valence-corrected chi connectivity index (χ0v) is 15.3. The molecule has 3 aromatic rings. The summed E-state index contributed by atoms with van der Waals surface area (Å²) in [5, 5.41) is 17.3. The van der Waals surface area contributed by atoms with Crippen molar-refractivity contribution in [2.45, 2.75) is 19.9 Å². The fourth-order valence-corrected chi connectivity index (χ4v) is 2.49. The summed E-state index contributed by atoms with van der Waals surface area (Å²) in [4.78, 5) is 12.3. The van der Waals surface area contributed by atoms with Crippen LogP contribution in [0.3, 0.4) is 0 Å². The molecule has 26 heavy (non-hydrogen) atoms. The van der Waals surface area contributed by atoms with E-state index in [1.165, 1.54) is 0 Å². The van der Waals surface area contributed by atoms with Crippen molar-refractivity contribution < 1.29 is 9.21 Å². The summed E-state index contributed by atoms with van der Waals surface area (Å²) in [5.41, 5.74) is 0.813. The third-order valence-corrected chi connectivity index (χ3v) is 3.83. The number of carbonyl (C=O) groups excluding carboxylic acids is 1. The first kappa shape index (κ1) is 18.0. The number of aromatic nitrogens is 4. The molecule has 0 aliphatic heterocycles. The number of carbonyl (C=O) groups is 1. The van der Waals surface area contributed by atoms with Crippen LogP contribution in [0.2, 0.25) is 5.02 Å². The monoisotopic (exact) mass is 390 g/mol. The molecule has 0 aliphatic carbocycles. The first-order chi connectivity index (χ1) is 12.6. The molecule has 0 saturated heterocycles. The number of aryl methyl sites for hydroxylation is 1. The molecule has 8 nitrogen and oxygen atoms in total. The Balaban J connectivity index is 1.63. The van der Waals surface area contributed by atoms with Gasteiger partial charge in [0, 0.05) is 17.1 Å². The molecule has 0 spiro atoms. The van der Waals surface area contributed by atoms with Crippen molar-refractivity contribution in [3.8, 4) is 11.3 Å². The molecule has 0 fully saturated rings. The third kappa shape index (κ3) is 4.24. The van der Waals surface area contributed by atoms with Gasteiger partial charge in [-0.05, 0) is 65.5 Å². The van der Waals surface area contributed by atoms with Crippen LogP contribution in [-0.4, -0.2) is 31.2 Å². The average Bonchev–Trinajstić information content (AvgIpc) is 3.26. The zero-order valence-electron chi connectivity index (χ0n) is 13.8. The summed E-state index contributed by atoms with van der Waals surface area (Å²) in [6, 6.07) is 10.4. The van der Waals surface area contributed by atoms with E-state index < -0.39 is 5.91 Å². The number of anilines is 1. The van der Waals surface area contributed by atoms with Crippen LogP contribution in [0.25, 0.3) is 11.3 Å². The zero-order chi connectivity index (χ0) is 18.5. The minimum atomic E-state index is -0.475. The van der Waals surface area contributed by atoms with Crippen LogP contribution in [0.15, 0.2) is 40.8 Å². The molecular formula is C16H15ClN6O2S. The van der Waals surface area contributed by atoms with Crippen LogP contribution >= 0.6 is 23.8 Å². The third-order valence-electron chi connectivity index (χ3n) is 3.38. The quantitative estimate of drug-likeness (QED) is 0.646. The molecule has 0 bridgehead atoms. The topological polar surface area (TPSA) is 97.9 Å². The maximum absolute atomic E-state index is 12.3. The highest BCUT2D eigenvalue weighted by Gasteiger charge is 2.15. The Morgan fingerprint density at radius 2 is 2.04 bits per heavy atom. The number of hydrogen-bond donors (Lipinski definition) is 2. The molecule has 134 valence electrons. The molecule has 0 radical (unpaired) electrons. The van der Waals surface area contributed by atoms with Gasteiger partial charge in [0.2, 0.25) is 5.95 Å². The minimum Gasteiger partial charge on any atom is -0.451 e. The Morgan fingerprint density at radius 3 is 2.77 bits per heavy atom. The lowest BCUT2D eigenvalue weighted by atomic mass is 10.2. The molecule has 2 aromatic heterocycles. The largest absolute Gasteiger partial charge is 0.451 e. The molecule has 0 atom stereocenters. The van der Waals surface area contributed by atoms with Crippen LogP contribution in [0.5, 0.6) is 0 Å². The van der Waals surface area contributed by atoms with Gasteiger partial charge in [-0.15, -0.1) is 0 Å². The highest BCUT2D eigenvalue weighted by atomic mass is 35.5. The molecule has 2 heterocycles. The number of amides is 1. The van der Waals surface area contributed by atoms with Gasteiger partial charge in [-0.3, -0.25) is 15.4 Å². The molecule has 1 aromatic carbocycles. The number of nitrogens with one attached hydrogen (secondary N) is 2. The summed E-state index contributed by atoms with van der Waals surface area (Å²) in [5.74, 6) is 0.570. The van der Waals surface area contributed by atoms with Crippen LogP contribution in [0, 0.1) is 0 Å². The van der Waals surface area contributed by atoms with Gasteiger partial charge >= 0.3 is 0 Å². The van der Waals surface area contributed by atoms with Crippen molar-refractivity contribution in [1.82, 2.24) is 25.5 Å². The van der Waals surface area contributed by atoms with Gasteiger partial charge in [0.05, 0.1) is 0 Å². The van der Waals surface area contributed by atoms with E-state index in [1.54, 1.807) is 28.9 Å². The lowest BCUT2D eigenvalue weighted by Crippen LogP contribution is -2.34. The predicted molar refractivity (Wildman–Crippen MR) is 101 cm³/mol. The van der Waals surface area contributed by atoms with Gasteiger partial charge in [0.15, 0.2) is 10.9 Å². The lowest BCUT2D eigenvalue weighted by molar-refractivity contribution is 0.0951. The number of hydrogen-bond acceptors (Lipinski definition) is 6. The first-order valence-electron chi connectivity index (χ1n) is 7.81. The van der Waals surface area contributed by atoms with E-state index in [1.807, 2.05) is 19.1 Å². The Morgan fingerprint density at radius 1 is 1.27 bits per heavy atom. The van der Waals surface area contributed by atoms with Gasteiger partial charge < -0.3 is 4.42 Å². The van der Waals surface area contributed by atoms with E-state index in [2.05, 4.69) is 26.2 Å². The van der Waals surface area contributed by atoms with Gasteiger partial charge in [0.25, 0.3) is 5.91 Å². The lowest BCUT2D eigenvalue weighted by Gasteiger charge is -2.07. The van der Waals surface area contributed by atoms with Gasteiger partial charge in [-0.25, -0.2) is 4.68 Å². The molecule has 0 unspecified atom stereocenters. The molecule has 10 heteroatoms. The smallest absolute Gasteiger partial charge is 0.293 e. The molecule has 1 amide bonds. The summed E-state index contributed by atoms with van der Waals surface area (Å²) in [6.45, 7) is 2.63. The normalized spacial score (nSPS) is 10.5. The molecule has 0 aliphatic rings. The Hall–Kier alpha value is -2.78. The SMILES string of the molecule is CCCn1nnnc1NC(=S)NC(=O)c1ccc(-c2ccc(Cl)cc2)o1. The Kier molecular flexibility index (Phi) is 5.59. The number of benzene rings is 1. The molecule has 2 N–H and O–H groups in total. The number of halogens is 1. The van der Waals surface area contributed by atoms with Crippen molar-refractivity contribution in [3.63, 3.8) is 0 Å². The summed E-state index contributed by atoms with van der Waals surface area (Å²) >= 11 is 11.0. The standard InChI is InChI=1S/C16H15ClN6O2S/c1-2-9-23-15(20-21-22-23)19-16(26)18-14(24)13-8-7-12(25-13)10-3-5-11(17)6-4-10/h3-8H,2,9H2,1H3,(H2,18,19,20,22,24,26). The summed E-state index contributed by atoms with van der Waals surface area (Å²) in [6.07, 6.45) is 0.860. The van der Waals surface area contributed by atoms with Crippen LogP contribution in [-0.2, 0) is 6.54 Å². The van der Waals surface area contributed by atoms with Crippen molar-refractivity contribution in [2.24, 2.45) is 0 Å². The molecular weight excluding hydrogens is 376 g/mol. The minimum absolute atomic E-state index is 0.0756. The van der Waals surface area contributed by atoms with Gasteiger partial charge in [-0.1, -0.05) is 23.6 Å². The van der Waals surface area contributed by atoms with Gasteiger partial charge in [0.1, 0.15) is 5.76 Å². The predicted octanol–water partition coefficient (Wildman–Crippen LogP) is 3.12. The maximum atomic E-state index is 12.3. The van der Waals surface area contributed by atoms with Crippen LogP contribution < -0.4 is 10.6 Å². The van der Waals surface area contributed by atoms with Crippen molar-refractivity contribution in [2.75, 3.05) is 5.32 Å². The number of nitrogens with zero attached hydrogens (tertiary/aromatic N) is 4. The number of tetrazole rings is 1. The van der Waals surface area contributed by atoms with E-state index in [0.29, 0.717) is 23.3 Å². The second-order valence-electron chi connectivity index (χ2n) is 5.30. The second kappa shape index (κ2) is 8.07. The van der Waals surface area contributed by atoms with E-state index in [4.69, 9.17) is 28.2 Å². The highest BCUT2D eigenvalue weighted by Crippen LogP contribution is 2.23. The molecule has 0 saturated carbocycles. The van der Waals surface area contributed by atoms with E-state index in [9.17, 15) is 4.79 Å². The van der Waals surface area contributed by atoms with Gasteiger partial charge in [-0.2, -0.15) is 0 Å². The fourth-order valence-electron chi connectivity index (χ4n) is 2.18. The first-order valence-corrected chi connectivity index (χ1v) is 8.59. The Labute approximate surface area is 159 Å². The second-order valence-corrected chi connectivity index (χ2v) is 6.15. The van der Waals surface area contributed by atoms with Crippen molar-refractivity contribution >= 4 is 40.8 Å². The highest BCUT2D eigenvalue weighted by molar-refractivity contribution is 7.80. The average molecular weight is 391 g/mol. The van der Waals surface area contributed by atoms with E-state index >= 15 is 0 Å². The Bertz CT molecular complexity index is 921. The van der Waals surface area contributed by atoms with Crippen molar-refractivity contribution in [1.29, 1.82) is 0 Å². The maximum Gasteiger partial charge on any atom is 0.293 e. The van der Waals surface area contributed by atoms with Crippen LogP contribution in [0.1, 0.15) is 23.9 Å². The number of rotatable bonds is 5. The van der Waals surface area contributed by atoms with Crippen LogP contribution in [0.4, 0.5) is 5.95 Å². The van der Waals surface area contributed by atoms with E-state index in [0.717, 1.165) is 12.0 Å². The van der Waals surface area contributed by atoms with E-state index in [-0.39, 0.29) is 10.9 Å². The number of furan rings is 1. The summed E-state index contributed by atoms with van der Waals surface area (Å²) in [7, 11) is 0. The molecule has 3 rings (SSSR count).